The molecule has 1 saturated heterocycles. The fourth-order valence-electron chi connectivity index (χ4n) is 2.24. The lowest BCUT2D eigenvalue weighted by Crippen LogP contribution is -2.30. The highest BCUT2D eigenvalue weighted by Crippen LogP contribution is 2.20. The molecule has 1 aromatic carbocycles. The molecule has 106 valence electrons. The molecule has 2 N–H and O–H groups in total. The van der Waals surface area contributed by atoms with Gasteiger partial charge in [-0.25, -0.2) is 13.1 Å². The van der Waals surface area contributed by atoms with Gasteiger partial charge in [0.2, 0.25) is 10.0 Å². The van der Waals surface area contributed by atoms with Crippen molar-refractivity contribution in [2.75, 3.05) is 13.1 Å². The highest BCUT2D eigenvalue weighted by atomic mass is 79.9. The summed E-state index contributed by atoms with van der Waals surface area (Å²) < 4.78 is 27.8. The van der Waals surface area contributed by atoms with Crippen LogP contribution in [0, 0.1) is 6.92 Å². The van der Waals surface area contributed by atoms with E-state index in [1.807, 2.05) is 6.92 Å². The minimum absolute atomic E-state index is 0.326. The zero-order valence-corrected chi connectivity index (χ0v) is 13.4. The molecule has 1 fully saturated rings. The van der Waals surface area contributed by atoms with E-state index in [4.69, 9.17) is 0 Å². The second-order valence-electron chi connectivity index (χ2n) is 4.89. The maximum Gasteiger partial charge on any atom is 0.240 e. The molecule has 0 aromatic heterocycles. The third-order valence-corrected chi connectivity index (χ3v) is 5.74. The van der Waals surface area contributed by atoms with Crippen molar-refractivity contribution in [2.24, 2.45) is 0 Å². The van der Waals surface area contributed by atoms with Gasteiger partial charge in [-0.15, -0.1) is 0 Å². The molecule has 0 saturated carbocycles. The Kier molecular flexibility index (Phi) is 5.00. The summed E-state index contributed by atoms with van der Waals surface area (Å²) >= 11 is 3.37. The van der Waals surface area contributed by atoms with Crippen LogP contribution < -0.4 is 10.0 Å². The first kappa shape index (κ1) is 15.0. The molecule has 0 aliphatic carbocycles. The van der Waals surface area contributed by atoms with Crippen molar-refractivity contribution in [1.29, 1.82) is 0 Å². The molecule has 1 atom stereocenters. The molecule has 0 spiro atoms. The molecular weight excluding hydrogens is 328 g/mol. The number of aryl methyl sites for hydroxylation is 1. The Balaban J connectivity index is 1.95. The Morgan fingerprint density at radius 2 is 2.26 bits per heavy atom. The zero-order chi connectivity index (χ0) is 13.9. The number of hydrogen-bond acceptors (Lipinski definition) is 3. The minimum Gasteiger partial charge on any atom is -0.314 e. The van der Waals surface area contributed by atoms with Crippen LogP contribution >= 0.6 is 15.9 Å². The van der Waals surface area contributed by atoms with E-state index in [1.165, 1.54) is 6.42 Å². The molecule has 0 bridgehead atoms. The molecule has 1 aromatic rings. The van der Waals surface area contributed by atoms with Crippen LogP contribution in [0.25, 0.3) is 0 Å². The van der Waals surface area contributed by atoms with E-state index in [2.05, 4.69) is 26.0 Å². The second-order valence-corrected chi connectivity index (χ2v) is 7.51. The molecule has 2 rings (SSSR count). The first-order chi connectivity index (χ1) is 8.99. The summed E-state index contributed by atoms with van der Waals surface area (Å²) in [5.74, 6) is 0. The van der Waals surface area contributed by atoms with E-state index < -0.39 is 10.0 Å². The van der Waals surface area contributed by atoms with Gasteiger partial charge in [0.05, 0.1) is 4.90 Å². The molecule has 1 aliphatic heterocycles. The van der Waals surface area contributed by atoms with E-state index in [1.54, 1.807) is 18.2 Å². The van der Waals surface area contributed by atoms with Gasteiger partial charge in [0, 0.05) is 17.1 Å². The number of benzene rings is 1. The lowest BCUT2D eigenvalue weighted by molar-refractivity contribution is 0.539. The maximum absolute atomic E-state index is 12.1. The maximum atomic E-state index is 12.1. The van der Waals surface area contributed by atoms with Crippen molar-refractivity contribution in [1.82, 2.24) is 10.0 Å². The van der Waals surface area contributed by atoms with E-state index in [-0.39, 0.29) is 0 Å². The third kappa shape index (κ3) is 4.02. The Hall–Kier alpha value is -0.430. The van der Waals surface area contributed by atoms with Crippen molar-refractivity contribution < 1.29 is 8.42 Å². The van der Waals surface area contributed by atoms with E-state index in [0.29, 0.717) is 17.5 Å². The van der Waals surface area contributed by atoms with Gasteiger partial charge in [0.1, 0.15) is 0 Å². The monoisotopic (exact) mass is 346 g/mol. The van der Waals surface area contributed by atoms with Gasteiger partial charge in [0.25, 0.3) is 0 Å². The number of nitrogens with one attached hydrogen (secondary N) is 2. The summed E-state index contributed by atoms with van der Waals surface area (Å²) in [5.41, 5.74) is 0.917. The molecule has 0 radical (unpaired) electrons. The van der Waals surface area contributed by atoms with E-state index in [9.17, 15) is 8.42 Å². The predicted molar refractivity (Wildman–Crippen MR) is 79.7 cm³/mol. The van der Waals surface area contributed by atoms with Crippen molar-refractivity contribution in [3.05, 3.63) is 28.2 Å². The van der Waals surface area contributed by atoms with Gasteiger partial charge in [-0.2, -0.15) is 0 Å². The Morgan fingerprint density at radius 3 is 2.89 bits per heavy atom. The fraction of sp³-hybridized carbons (Fsp3) is 0.538. The zero-order valence-electron chi connectivity index (χ0n) is 10.9. The summed E-state index contributed by atoms with van der Waals surface area (Å²) in [4.78, 5) is 0.326. The first-order valence-corrected chi connectivity index (χ1v) is 8.76. The molecule has 0 unspecified atom stereocenters. The van der Waals surface area contributed by atoms with Crippen LogP contribution in [-0.2, 0) is 10.0 Å². The van der Waals surface area contributed by atoms with Crippen LogP contribution in [0.2, 0.25) is 0 Å². The van der Waals surface area contributed by atoms with Crippen LogP contribution in [0.3, 0.4) is 0 Å². The second kappa shape index (κ2) is 6.35. The number of rotatable bonds is 5. The van der Waals surface area contributed by atoms with Crippen LogP contribution in [-0.4, -0.2) is 27.5 Å². The molecule has 19 heavy (non-hydrogen) atoms. The highest BCUT2D eigenvalue weighted by molar-refractivity contribution is 9.10. The lowest BCUT2D eigenvalue weighted by atomic mass is 10.2. The SMILES string of the molecule is Cc1cc(S(=O)(=O)NCC[C@H]2CCCN2)ccc1Br. The summed E-state index contributed by atoms with van der Waals surface area (Å²) in [6.07, 6.45) is 3.16. The topological polar surface area (TPSA) is 58.2 Å². The lowest BCUT2D eigenvalue weighted by Gasteiger charge is -2.11. The van der Waals surface area contributed by atoms with Crippen molar-refractivity contribution in [2.45, 2.75) is 37.1 Å². The van der Waals surface area contributed by atoms with Crippen LogP contribution in [0.5, 0.6) is 0 Å². The smallest absolute Gasteiger partial charge is 0.240 e. The van der Waals surface area contributed by atoms with Gasteiger partial charge in [-0.05, 0) is 56.5 Å². The Bertz CT molecular complexity index is 540. The van der Waals surface area contributed by atoms with Gasteiger partial charge in [-0.3, -0.25) is 0 Å². The van der Waals surface area contributed by atoms with Gasteiger partial charge >= 0.3 is 0 Å². The third-order valence-electron chi connectivity index (χ3n) is 3.39. The van der Waals surface area contributed by atoms with E-state index >= 15 is 0 Å². The van der Waals surface area contributed by atoms with Crippen LogP contribution in [0.15, 0.2) is 27.6 Å². The molecular formula is C13H19BrN2O2S. The molecule has 4 nitrogen and oxygen atoms in total. The van der Waals surface area contributed by atoms with Crippen molar-refractivity contribution in [3.63, 3.8) is 0 Å². The number of hydrogen-bond donors (Lipinski definition) is 2. The average molecular weight is 347 g/mol. The molecule has 1 aliphatic rings. The normalized spacial score (nSPS) is 19.8. The first-order valence-electron chi connectivity index (χ1n) is 6.48. The summed E-state index contributed by atoms with van der Waals surface area (Å²) in [6.45, 7) is 3.41. The van der Waals surface area contributed by atoms with Gasteiger partial charge in [0.15, 0.2) is 0 Å². The van der Waals surface area contributed by atoms with Crippen molar-refractivity contribution >= 4 is 26.0 Å². The largest absolute Gasteiger partial charge is 0.314 e. The summed E-state index contributed by atoms with van der Waals surface area (Å²) in [7, 11) is -3.39. The Labute approximate surface area is 123 Å². The predicted octanol–water partition coefficient (Wildman–Crippen LogP) is 2.18. The fourth-order valence-corrected chi connectivity index (χ4v) is 3.62. The van der Waals surface area contributed by atoms with Crippen LogP contribution in [0.1, 0.15) is 24.8 Å². The molecule has 1 heterocycles. The molecule has 6 heteroatoms. The van der Waals surface area contributed by atoms with Crippen molar-refractivity contribution in [3.8, 4) is 0 Å². The standard InChI is InChI=1S/C13H19BrN2O2S/c1-10-9-12(4-5-13(10)14)19(17,18)16-8-6-11-3-2-7-15-11/h4-5,9,11,15-16H,2-3,6-8H2,1H3/t11-/m1/s1. The summed E-state index contributed by atoms with van der Waals surface area (Å²) in [6, 6.07) is 5.52. The average Bonchev–Trinajstić information content (AvgIpc) is 2.85. The summed E-state index contributed by atoms with van der Waals surface area (Å²) in [5, 5.41) is 3.36. The van der Waals surface area contributed by atoms with Gasteiger partial charge in [-0.1, -0.05) is 15.9 Å². The van der Waals surface area contributed by atoms with Crippen LogP contribution in [0.4, 0.5) is 0 Å². The molecule has 0 amide bonds. The number of sulfonamides is 1. The quantitative estimate of drug-likeness (QED) is 0.858. The van der Waals surface area contributed by atoms with Gasteiger partial charge < -0.3 is 5.32 Å². The highest BCUT2D eigenvalue weighted by Gasteiger charge is 2.17. The van der Waals surface area contributed by atoms with E-state index in [0.717, 1.165) is 29.4 Å². The Morgan fingerprint density at radius 1 is 1.47 bits per heavy atom. The number of halogens is 1. The minimum atomic E-state index is -3.39.